The number of nitrogens with zero attached hydrogens (tertiary/aromatic N) is 4. The molecule has 0 saturated carbocycles. The number of hydrogen-bond acceptors (Lipinski definition) is 4. The van der Waals surface area contributed by atoms with Crippen molar-refractivity contribution in [1.29, 1.82) is 0 Å². The van der Waals surface area contributed by atoms with Crippen molar-refractivity contribution in [2.24, 2.45) is 0 Å². The van der Waals surface area contributed by atoms with Crippen LogP contribution in [0.2, 0.25) is 5.02 Å². The van der Waals surface area contributed by atoms with Gasteiger partial charge >= 0.3 is 0 Å². The normalized spacial score (nSPS) is 17.0. The molecule has 8 heteroatoms. The molecule has 1 aliphatic heterocycles. The van der Waals surface area contributed by atoms with E-state index >= 15 is 0 Å². The van der Waals surface area contributed by atoms with E-state index in [1.54, 1.807) is 10.9 Å². The largest absolute Gasteiger partial charge is 0.356 e. The molecule has 1 aromatic heterocycles. The predicted octanol–water partition coefficient (Wildman–Crippen LogP) is 2.50. The van der Waals surface area contributed by atoms with Crippen LogP contribution in [0.15, 0.2) is 30.5 Å². The van der Waals surface area contributed by atoms with E-state index in [9.17, 15) is 9.59 Å². The molecule has 144 valence electrons. The average Bonchev–Trinajstić information content (AvgIpc) is 3.12. The Hall–Kier alpha value is -2.41. The molecule has 0 aliphatic carbocycles. The van der Waals surface area contributed by atoms with Gasteiger partial charge in [0.2, 0.25) is 5.91 Å². The van der Waals surface area contributed by atoms with Crippen molar-refractivity contribution >= 4 is 23.4 Å². The highest BCUT2D eigenvalue weighted by Gasteiger charge is 2.28. The summed E-state index contributed by atoms with van der Waals surface area (Å²) < 4.78 is 1.63. The number of amides is 2. The maximum absolute atomic E-state index is 12.9. The number of hydrogen-bond donors (Lipinski definition) is 1. The molecule has 1 aliphatic rings. The number of piperidine rings is 1. The summed E-state index contributed by atoms with van der Waals surface area (Å²) in [4.78, 5) is 25.9. The Labute approximate surface area is 163 Å². The zero-order chi connectivity index (χ0) is 19.2. The maximum atomic E-state index is 12.9. The topological polar surface area (TPSA) is 80.1 Å². The fourth-order valence-corrected chi connectivity index (χ4v) is 3.60. The van der Waals surface area contributed by atoms with E-state index in [1.165, 1.54) is 6.92 Å². The standard InChI is InChI=1S/C19H24ClN5O2/c1-14(26)21-10-9-16-7-4-5-11-25(16)19(27)18-13-24(23-22-18)12-15-6-2-3-8-17(15)20/h2-3,6,8,13,16H,4-5,7,9-12H2,1H3,(H,21,26)/t16-/m1/s1. The summed E-state index contributed by atoms with van der Waals surface area (Å²) >= 11 is 6.19. The molecule has 0 radical (unpaired) electrons. The first-order valence-corrected chi connectivity index (χ1v) is 9.61. The van der Waals surface area contributed by atoms with E-state index in [-0.39, 0.29) is 17.9 Å². The smallest absolute Gasteiger partial charge is 0.276 e. The first-order valence-electron chi connectivity index (χ1n) is 9.23. The highest BCUT2D eigenvalue weighted by molar-refractivity contribution is 6.31. The van der Waals surface area contributed by atoms with E-state index in [1.807, 2.05) is 29.2 Å². The fraction of sp³-hybridized carbons (Fsp3) is 0.474. The van der Waals surface area contributed by atoms with Crippen LogP contribution in [0, 0.1) is 0 Å². The van der Waals surface area contributed by atoms with Crippen molar-refractivity contribution in [2.75, 3.05) is 13.1 Å². The summed E-state index contributed by atoms with van der Waals surface area (Å²) in [6.45, 7) is 3.25. The number of nitrogens with one attached hydrogen (secondary N) is 1. The molecule has 27 heavy (non-hydrogen) atoms. The van der Waals surface area contributed by atoms with Gasteiger partial charge in [-0.1, -0.05) is 35.0 Å². The summed E-state index contributed by atoms with van der Waals surface area (Å²) in [6, 6.07) is 7.66. The molecule has 1 aromatic carbocycles. The Bertz CT molecular complexity index is 807. The first kappa shape index (κ1) is 19.4. The quantitative estimate of drug-likeness (QED) is 0.823. The molecular weight excluding hydrogens is 366 g/mol. The summed E-state index contributed by atoms with van der Waals surface area (Å²) in [7, 11) is 0. The summed E-state index contributed by atoms with van der Waals surface area (Å²) in [6.07, 6.45) is 5.44. The van der Waals surface area contributed by atoms with E-state index in [2.05, 4.69) is 15.6 Å². The van der Waals surface area contributed by atoms with Crippen LogP contribution in [0.25, 0.3) is 0 Å². The minimum Gasteiger partial charge on any atom is -0.356 e. The van der Waals surface area contributed by atoms with Gasteiger partial charge < -0.3 is 10.2 Å². The molecule has 0 bridgehead atoms. The third kappa shape index (κ3) is 5.07. The lowest BCUT2D eigenvalue weighted by Gasteiger charge is -2.35. The third-order valence-corrected chi connectivity index (χ3v) is 5.16. The van der Waals surface area contributed by atoms with Crippen molar-refractivity contribution in [2.45, 2.75) is 45.2 Å². The van der Waals surface area contributed by atoms with Crippen LogP contribution in [0.4, 0.5) is 0 Å². The van der Waals surface area contributed by atoms with E-state index < -0.39 is 0 Å². The van der Waals surface area contributed by atoms with Crippen LogP contribution in [0.1, 0.15) is 48.7 Å². The maximum Gasteiger partial charge on any atom is 0.276 e. The predicted molar refractivity (Wildman–Crippen MR) is 103 cm³/mol. The van der Waals surface area contributed by atoms with E-state index in [0.29, 0.717) is 30.4 Å². The van der Waals surface area contributed by atoms with Crippen LogP contribution in [-0.2, 0) is 11.3 Å². The van der Waals surface area contributed by atoms with Gasteiger partial charge in [0, 0.05) is 31.1 Å². The van der Waals surface area contributed by atoms with E-state index in [4.69, 9.17) is 11.6 Å². The highest BCUT2D eigenvalue weighted by atomic mass is 35.5. The Kier molecular flexibility index (Phi) is 6.45. The number of carbonyl (C=O) groups is 2. The zero-order valence-electron chi connectivity index (χ0n) is 15.4. The number of halogens is 1. The summed E-state index contributed by atoms with van der Waals surface area (Å²) in [5.41, 5.74) is 1.27. The number of carbonyl (C=O) groups excluding carboxylic acids is 2. The number of likely N-dealkylation sites (tertiary alicyclic amines) is 1. The molecule has 2 heterocycles. The van der Waals surface area contributed by atoms with Crippen molar-refractivity contribution < 1.29 is 9.59 Å². The lowest BCUT2D eigenvalue weighted by molar-refractivity contribution is -0.119. The number of benzene rings is 1. The molecule has 1 saturated heterocycles. The average molecular weight is 390 g/mol. The molecule has 1 fully saturated rings. The molecule has 2 aromatic rings. The number of aromatic nitrogens is 3. The Morgan fingerprint density at radius 1 is 1.30 bits per heavy atom. The molecule has 1 atom stereocenters. The second-order valence-corrected chi connectivity index (χ2v) is 7.22. The molecule has 1 N–H and O–H groups in total. The minimum absolute atomic E-state index is 0.0498. The second kappa shape index (κ2) is 8.99. The molecular formula is C19H24ClN5O2. The van der Waals surface area contributed by atoms with Crippen molar-refractivity contribution in [3.63, 3.8) is 0 Å². The monoisotopic (exact) mass is 389 g/mol. The van der Waals surface area contributed by atoms with Crippen LogP contribution in [-0.4, -0.2) is 50.8 Å². The van der Waals surface area contributed by atoms with Gasteiger partial charge in [-0.05, 0) is 37.3 Å². The van der Waals surface area contributed by atoms with Gasteiger partial charge in [0.25, 0.3) is 5.91 Å². The Morgan fingerprint density at radius 3 is 2.89 bits per heavy atom. The van der Waals surface area contributed by atoms with Gasteiger partial charge in [0.15, 0.2) is 5.69 Å². The van der Waals surface area contributed by atoms with Crippen LogP contribution >= 0.6 is 11.6 Å². The van der Waals surface area contributed by atoms with Gasteiger partial charge in [-0.3, -0.25) is 9.59 Å². The van der Waals surface area contributed by atoms with E-state index in [0.717, 1.165) is 31.2 Å². The second-order valence-electron chi connectivity index (χ2n) is 6.81. The highest BCUT2D eigenvalue weighted by Crippen LogP contribution is 2.21. The molecule has 3 rings (SSSR count). The first-order chi connectivity index (χ1) is 13.0. The third-order valence-electron chi connectivity index (χ3n) is 4.79. The number of rotatable bonds is 6. The van der Waals surface area contributed by atoms with Crippen molar-refractivity contribution in [3.8, 4) is 0 Å². The fourth-order valence-electron chi connectivity index (χ4n) is 3.40. The van der Waals surface area contributed by atoms with Crippen LogP contribution in [0.5, 0.6) is 0 Å². The van der Waals surface area contributed by atoms with Crippen LogP contribution in [0.3, 0.4) is 0 Å². The Morgan fingerprint density at radius 2 is 2.11 bits per heavy atom. The van der Waals surface area contributed by atoms with Crippen LogP contribution < -0.4 is 5.32 Å². The van der Waals surface area contributed by atoms with Crippen molar-refractivity contribution in [1.82, 2.24) is 25.2 Å². The SMILES string of the molecule is CC(=O)NCC[C@H]1CCCCN1C(=O)c1cn(Cc2ccccc2Cl)nn1. The zero-order valence-corrected chi connectivity index (χ0v) is 16.2. The molecule has 0 spiro atoms. The van der Waals surface area contributed by atoms with Gasteiger partial charge in [-0.15, -0.1) is 5.10 Å². The van der Waals surface area contributed by atoms with Gasteiger partial charge in [-0.25, -0.2) is 4.68 Å². The summed E-state index contributed by atoms with van der Waals surface area (Å²) in [5, 5.41) is 11.6. The van der Waals surface area contributed by atoms with Gasteiger partial charge in [0.05, 0.1) is 12.7 Å². The lowest BCUT2D eigenvalue weighted by atomic mass is 9.99. The lowest BCUT2D eigenvalue weighted by Crippen LogP contribution is -2.45. The molecule has 7 nitrogen and oxygen atoms in total. The summed E-state index contributed by atoms with van der Waals surface area (Å²) in [5.74, 6) is -0.154. The van der Waals surface area contributed by atoms with Gasteiger partial charge in [0.1, 0.15) is 0 Å². The van der Waals surface area contributed by atoms with Gasteiger partial charge in [-0.2, -0.15) is 0 Å². The minimum atomic E-state index is -0.104. The Balaban J connectivity index is 1.66. The van der Waals surface area contributed by atoms with Crippen molar-refractivity contribution in [3.05, 3.63) is 46.7 Å². The molecule has 2 amide bonds. The molecule has 0 unspecified atom stereocenters.